The highest BCUT2D eigenvalue weighted by Crippen LogP contribution is 2.36. The Morgan fingerprint density at radius 3 is 2.45 bits per heavy atom. The van der Waals surface area contributed by atoms with Gasteiger partial charge in [0.1, 0.15) is 5.82 Å². The summed E-state index contributed by atoms with van der Waals surface area (Å²) in [6.07, 6.45) is 3.81. The second kappa shape index (κ2) is 12.9. The Balaban J connectivity index is 1.36. The Labute approximate surface area is 225 Å². The minimum atomic E-state index is -0.447. The van der Waals surface area contributed by atoms with Crippen molar-refractivity contribution in [1.29, 1.82) is 0 Å². The average molecular weight is 539 g/mol. The molecule has 8 nitrogen and oxygen atoms in total. The highest BCUT2D eigenvalue weighted by atomic mass is 35.5. The topological polar surface area (TPSA) is 92.3 Å². The van der Waals surface area contributed by atoms with Crippen LogP contribution in [-0.2, 0) is 4.79 Å². The van der Waals surface area contributed by atoms with E-state index in [0.717, 1.165) is 18.8 Å². The van der Waals surface area contributed by atoms with E-state index in [1.807, 2.05) is 12.1 Å². The van der Waals surface area contributed by atoms with Gasteiger partial charge in [-0.1, -0.05) is 11.6 Å². The Hall–Kier alpha value is -4.11. The van der Waals surface area contributed by atoms with Crippen LogP contribution in [0.4, 0.5) is 15.8 Å². The number of nitrogens with zero attached hydrogens (tertiary/aromatic N) is 2. The number of hydrogen-bond acceptors (Lipinski definition) is 6. The molecule has 2 N–H and O–H groups in total. The van der Waals surface area contributed by atoms with Crippen molar-refractivity contribution in [2.75, 3.05) is 36.5 Å². The minimum absolute atomic E-state index is 0.196. The van der Waals surface area contributed by atoms with Crippen molar-refractivity contribution < 1.29 is 23.5 Å². The number of hydrazone groups is 1. The molecule has 1 aliphatic rings. The van der Waals surface area contributed by atoms with Crippen LogP contribution in [0.5, 0.6) is 11.5 Å². The first-order valence-electron chi connectivity index (χ1n) is 12.3. The van der Waals surface area contributed by atoms with Crippen LogP contribution in [0.15, 0.2) is 65.8 Å². The van der Waals surface area contributed by atoms with Crippen LogP contribution in [0.1, 0.15) is 35.7 Å². The van der Waals surface area contributed by atoms with Crippen LogP contribution in [0, 0.1) is 5.82 Å². The molecule has 3 aromatic rings. The third-order valence-corrected chi connectivity index (χ3v) is 6.07. The Bertz CT molecular complexity index is 1290. The molecule has 0 bridgehead atoms. The summed E-state index contributed by atoms with van der Waals surface area (Å²) in [5, 5.41) is 6.85. The van der Waals surface area contributed by atoms with Crippen molar-refractivity contribution in [3.8, 4) is 11.5 Å². The number of carbonyl (C=O) groups excluding carboxylic acids is 2. The molecule has 0 atom stereocenters. The molecule has 0 aromatic heterocycles. The van der Waals surface area contributed by atoms with E-state index in [1.54, 1.807) is 31.2 Å². The number of nitrogens with one attached hydrogen (secondary N) is 2. The maximum Gasteiger partial charge on any atom is 0.271 e. The molecule has 10 heteroatoms. The van der Waals surface area contributed by atoms with Gasteiger partial charge < -0.3 is 19.7 Å². The largest absolute Gasteiger partial charge is 0.490 e. The van der Waals surface area contributed by atoms with Crippen molar-refractivity contribution in [3.05, 3.63) is 82.6 Å². The summed E-state index contributed by atoms with van der Waals surface area (Å²) in [4.78, 5) is 27.0. The van der Waals surface area contributed by atoms with E-state index in [0.29, 0.717) is 29.2 Å². The fraction of sp³-hybridized carbons (Fsp3) is 0.250. The molecule has 2 amide bonds. The first-order valence-corrected chi connectivity index (χ1v) is 12.6. The summed E-state index contributed by atoms with van der Waals surface area (Å²) in [7, 11) is 0. The summed E-state index contributed by atoms with van der Waals surface area (Å²) >= 11 is 6.41. The fourth-order valence-electron chi connectivity index (χ4n) is 3.96. The Kier molecular flexibility index (Phi) is 9.16. The fourth-order valence-corrected chi connectivity index (χ4v) is 4.24. The maximum absolute atomic E-state index is 13.0. The van der Waals surface area contributed by atoms with Gasteiger partial charge in [-0.3, -0.25) is 9.59 Å². The first-order chi connectivity index (χ1) is 18.4. The Morgan fingerprint density at radius 1 is 1.05 bits per heavy atom. The van der Waals surface area contributed by atoms with Gasteiger partial charge in [0, 0.05) is 30.0 Å². The average Bonchev–Trinajstić information content (AvgIpc) is 3.45. The van der Waals surface area contributed by atoms with E-state index < -0.39 is 11.7 Å². The molecule has 1 fully saturated rings. The summed E-state index contributed by atoms with van der Waals surface area (Å²) in [5.74, 6) is -0.668. The number of amides is 2. The van der Waals surface area contributed by atoms with Gasteiger partial charge in [0.15, 0.2) is 18.1 Å². The van der Waals surface area contributed by atoms with Gasteiger partial charge in [0.25, 0.3) is 11.8 Å². The molecule has 1 heterocycles. The standard InChI is InChI=1S/C28H28ClFN4O4/c1-2-37-25-16-19(15-24(29)27(25)38-18-26(35)32-22-9-7-21(30)8-10-22)17-31-33-28(36)20-5-11-23(12-6-20)34-13-3-4-14-34/h5-12,15-17H,2-4,13-14,18H2,1H3,(H,32,35)(H,33,36)/b31-17-. The lowest BCUT2D eigenvalue weighted by atomic mass is 10.2. The third-order valence-electron chi connectivity index (χ3n) is 5.79. The number of hydrogen-bond donors (Lipinski definition) is 2. The zero-order chi connectivity index (χ0) is 26.9. The quantitative estimate of drug-likeness (QED) is 0.271. The monoisotopic (exact) mass is 538 g/mol. The molecule has 0 aliphatic carbocycles. The Morgan fingerprint density at radius 2 is 1.76 bits per heavy atom. The van der Waals surface area contributed by atoms with Crippen LogP contribution in [0.25, 0.3) is 0 Å². The van der Waals surface area contributed by atoms with E-state index in [1.165, 1.54) is 43.3 Å². The summed E-state index contributed by atoms with van der Waals surface area (Å²) in [5.41, 5.74) is 5.12. The molecule has 3 aromatic carbocycles. The second-order valence-corrected chi connectivity index (χ2v) is 8.95. The van der Waals surface area contributed by atoms with E-state index in [9.17, 15) is 14.0 Å². The number of benzene rings is 3. The van der Waals surface area contributed by atoms with Crippen LogP contribution in [0.2, 0.25) is 5.02 Å². The number of rotatable bonds is 10. The molecular weight excluding hydrogens is 511 g/mol. The lowest BCUT2D eigenvalue weighted by Gasteiger charge is -2.17. The molecule has 38 heavy (non-hydrogen) atoms. The SMILES string of the molecule is CCOc1cc(/C=N\NC(=O)c2ccc(N3CCCC3)cc2)cc(Cl)c1OCC(=O)Nc1ccc(F)cc1. The van der Waals surface area contributed by atoms with E-state index >= 15 is 0 Å². The predicted octanol–water partition coefficient (Wildman–Crippen LogP) is 5.26. The molecule has 0 unspecified atom stereocenters. The smallest absolute Gasteiger partial charge is 0.271 e. The minimum Gasteiger partial charge on any atom is -0.490 e. The number of halogens is 2. The lowest BCUT2D eigenvalue weighted by Crippen LogP contribution is -2.20. The molecule has 0 spiro atoms. The summed E-state index contributed by atoms with van der Waals surface area (Å²) in [6, 6.07) is 16.0. The molecular formula is C28H28ClFN4O4. The molecule has 1 aliphatic heterocycles. The van der Waals surface area contributed by atoms with E-state index in [2.05, 4.69) is 20.7 Å². The number of anilines is 2. The second-order valence-electron chi connectivity index (χ2n) is 8.55. The van der Waals surface area contributed by atoms with Gasteiger partial charge in [-0.25, -0.2) is 9.82 Å². The molecule has 0 radical (unpaired) electrons. The van der Waals surface area contributed by atoms with Crippen LogP contribution < -0.4 is 25.1 Å². The van der Waals surface area contributed by atoms with Gasteiger partial charge in [-0.15, -0.1) is 0 Å². The van der Waals surface area contributed by atoms with Gasteiger partial charge in [0.2, 0.25) is 0 Å². The van der Waals surface area contributed by atoms with Gasteiger partial charge in [-0.05, 0) is 86.0 Å². The van der Waals surface area contributed by atoms with Crippen LogP contribution in [-0.4, -0.2) is 44.3 Å². The molecule has 4 rings (SSSR count). The summed E-state index contributed by atoms with van der Waals surface area (Å²) < 4.78 is 24.3. The van der Waals surface area contributed by atoms with E-state index in [-0.39, 0.29) is 23.3 Å². The molecule has 1 saturated heterocycles. The highest BCUT2D eigenvalue weighted by molar-refractivity contribution is 6.32. The van der Waals surface area contributed by atoms with Gasteiger partial charge in [0.05, 0.1) is 17.8 Å². The lowest BCUT2D eigenvalue weighted by molar-refractivity contribution is -0.118. The van der Waals surface area contributed by atoms with Crippen molar-refractivity contribution in [3.63, 3.8) is 0 Å². The zero-order valence-electron chi connectivity index (χ0n) is 20.9. The van der Waals surface area contributed by atoms with E-state index in [4.69, 9.17) is 21.1 Å². The normalized spacial score (nSPS) is 13.0. The summed E-state index contributed by atoms with van der Waals surface area (Å²) in [6.45, 7) is 3.87. The van der Waals surface area contributed by atoms with Crippen LogP contribution >= 0.6 is 11.6 Å². The predicted molar refractivity (Wildman–Crippen MR) is 146 cm³/mol. The number of carbonyl (C=O) groups is 2. The zero-order valence-corrected chi connectivity index (χ0v) is 21.6. The number of ether oxygens (including phenoxy) is 2. The van der Waals surface area contributed by atoms with Gasteiger partial charge in [-0.2, -0.15) is 5.10 Å². The van der Waals surface area contributed by atoms with Gasteiger partial charge >= 0.3 is 0 Å². The van der Waals surface area contributed by atoms with Crippen molar-refractivity contribution in [1.82, 2.24) is 5.43 Å². The van der Waals surface area contributed by atoms with Crippen molar-refractivity contribution in [2.45, 2.75) is 19.8 Å². The third kappa shape index (κ3) is 7.23. The van der Waals surface area contributed by atoms with Crippen molar-refractivity contribution in [2.24, 2.45) is 5.10 Å². The molecule has 198 valence electrons. The maximum atomic E-state index is 13.0. The van der Waals surface area contributed by atoms with Crippen LogP contribution in [0.3, 0.4) is 0 Å². The first kappa shape index (κ1) is 26.9. The van der Waals surface area contributed by atoms with Crippen molar-refractivity contribution >= 4 is 41.0 Å². The highest BCUT2D eigenvalue weighted by Gasteiger charge is 2.15. The molecule has 0 saturated carbocycles.